The number of aliphatic hydroxyl groups is 1. The first-order chi connectivity index (χ1) is 11.6. The minimum Gasteiger partial charge on any atom is -0.387 e. The van der Waals surface area contributed by atoms with Gasteiger partial charge in [-0.3, -0.25) is 9.69 Å². The number of morpholine rings is 1. The first kappa shape index (κ1) is 18.1. The Bertz CT molecular complexity index is 406. The van der Waals surface area contributed by atoms with Crippen LogP contribution >= 0.6 is 0 Å². The van der Waals surface area contributed by atoms with E-state index in [1.807, 2.05) is 4.90 Å². The molecule has 1 N–H and O–H groups in total. The highest BCUT2D eigenvalue weighted by Gasteiger charge is 2.39. The van der Waals surface area contributed by atoms with Gasteiger partial charge < -0.3 is 19.6 Å². The zero-order chi connectivity index (χ0) is 16.8. The Morgan fingerprint density at radius 2 is 1.67 bits per heavy atom. The quantitative estimate of drug-likeness (QED) is 0.793. The SMILES string of the molecule is O=C(CCN1CCCCCC1)N1CC[C@@](O)(CN2CCOCC2)C1. The van der Waals surface area contributed by atoms with E-state index in [0.29, 0.717) is 32.5 Å². The molecule has 138 valence electrons. The topological polar surface area (TPSA) is 56.2 Å². The molecule has 0 saturated carbocycles. The molecule has 6 nitrogen and oxygen atoms in total. The third-order valence-corrected chi connectivity index (χ3v) is 5.65. The molecule has 0 aromatic carbocycles. The fourth-order valence-electron chi connectivity index (χ4n) is 4.15. The Morgan fingerprint density at radius 3 is 2.38 bits per heavy atom. The Morgan fingerprint density at radius 1 is 0.958 bits per heavy atom. The number of ether oxygens (including phenoxy) is 1. The van der Waals surface area contributed by atoms with Gasteiger partial charge in [0.15, 0.2) is 0 Å². The summed E-state index contributed by atoms with van der Waals surface area (Å²) in [6, 6.07) is 0. The number of hydrogen-bond donors (Lipinski definition) is 1. The van der Waals surface area contributed by atoms with Gasteiger partial charge in [0.05, 0.1) is 25.4 Å². The lowest BCUT2D eigenvalue weighted by Gasteiger charge is -2.33. The highest BCUT2D eigenvalue weighted by Crippen LogP contribution is 2.23. The first-order valence-electron chi connectivity index (χ1n) is 9.67. The van der Waals surface area contributed by atoms with Crippen LogP contribution in [0.2, 0.25) is 0 Å². The fourth-order valence-corrected chi connectivity index (χ4v) is 4.15. The van der Waals surface area contributed by atoms with E-state index in [9.17, 15) is 9.90 Å². The zero-order valence-corrected chi connectivity index (χ0v) is 14.9. The van der Waals surface area contributed by atoms with Crippen LogP contribution in [0.3, 0.4) is 0 Å². The standard InChI is InChI=1S/C18H33N3O3/c22-17(5-9-19-7-3-1-2-4-8-19)21-10-6-18(23,16-21)15-20-11-13-24-14-12-20/h23H,1-16H2/t18-/m1/s1. The molecule has 3 aliphatic heterocycles. The number of likely N-dealkylation sites (tertiary alicyclic amines) is 2. The third-order valence-electron chi connectivity index (χ3n) is 5.65. The van der Waals surface area contributed by atoms with Crippen LogP contribution in [0.1, 0.15) is 38.5 Å². The molecule has 24 heavy (non-hydrogen) atoms. The van der Waals surface area contributed by atoms with Gasteiger partial charge >= 0.3 is 0 Å². The van der Waals surface area contributed by atoms with Gasteiger partial charge in [-0.1, -0.05) is 12.8 Å². The lowest BCUT2D eigenvalue weighted by Crippen LogP contribution is -2.49. The van der Waals surface area contributed by atoms with Crippen molar-refractivity contribution < 1.29 is 14.6 Å². The normalized spacial score (nSPS) is 30.5. The lowest BCUT2D eigenvalue weighted by atomic mass is 10.0. The molecule has 3 heterocycles. The van der Waals surface area contributed by atoms with Crippen molar-refractivity contribution in [3.63, 3.8) is 0 Å². The lowest BCUT2D eigenvalue weighted by molar-refractivity contribution is -0.131. The van der Waals surface area contributed by atoms with E-state index in [0.717, 1.165) is 45.9 Å². The van der Waals surface area contributed by atoms with Crippen LogP contribution in [-0.4, -0.2) is 96.9 Å². The number of nitrogens with zero attached hydrogens (tertiary/aromatic N) is 3. The number of rotatable bonds is 5. The van der Waals surface area contributed by atoms with E-state index < -0.39 is 5.60 Å². The molecule has 0 unspecified atom stereocenters. The summed E-state index contributed by atoms with van der Waals surface area (Å²) in [5.74, 6) is 0.206. The van der Waals surface area contributed by atoms with Crippen LogP contribution in [0, 0.1) is 0 Å². The molecular weight excluding hydrogens is 306 g/mol. The Kier molecular flexibility index (Phi) is 6.49. The van der Waals surface area contributed by atoms with Crippen LogP contribution in [0.25, 0.3) is 0 Å². The summed E-state index contributed by atoms with van der Waals surface area (Å²) in [7, 11) is 0. The predicted molar refractivity (Wildman–Crippen MR) is 92.9 cm³/mol. The molecule has 0 aliphatic carbocycles. The number of carbonyl (C=O) groups is 1. The Balaban J connectivity index is 1.41. The van der Waals surface area contributed by atoms with Gasteiger partial charge in [-0.15, -0.1) is 0 Å². The highest BCUT2D eigenvalue weighted by molar-refractivity contribution is 5.76. The highest BCUT2D eigenvalue weighted by atomic mass is 16.5. The maximum Gasteiger partial charge on any atom is 0.223 e. The maximum absolute atomic E-state index is 12.5. The number of hydrogen-bond acceptors (Lipinski definition) is 5. The maximum atomic E-state index is 12.5. The van der Waals surface area contributed by atoms with Gasteiger partial charge in [0.1, 0.15) is 0 Å². The van der Waals surface area contributed by atoms with Gasteiger partial charge in [-0.05, 0) is 32.4 Å². The number of carbonyl (C=O) groups excluding carboxylic acids is 1. The second kappa shape index (κ2) is 8.61. The van der Waals surface area contributed by atoms with Crippen molar-refractivity contribution in [3.8, 4) is 0 Å². The van der Waals surface area contributed by atoms with E-state index in [1.165, 1.54) is 25.7 Å². The average molecular weight is 339 g/mol. The molecule has 3 aliphatic rings. The van der Waals surface area contributed by atoms with Crippen LogP contribution in [0.4, 0.5) is 0 Å². The van der Waals surface area contributed by atoms with E-state index >= 15 is 0 Å². The summed E-state index contributed by atoms with van der Waals surface area (Å²) < 4.78 is 5.36. The molecule has 3 rings (SSSR count). The van der Waals surface area contributed by atoms with Crippen LogP contribution < -0.4 is 0 Å². The van der Waals surface area contributed by atoms with Gasteiger partial charge in [0.25, 0.3) is 0 Å². The molecule has 1 atom stereocenters. The Hall–Kier alpha value is -0.690. The summed E-state index contributed by atoms with van der Waals surface area (Å²) in [6.45, 7) is 8.23. The minimum atomic E-state index is -0.740. The molecule has 0 spiro atoms. The summed E-state index contributed by atoms with van der Waals surface area (Å²) in [5, 5.41) is 10.8. The van der Waals surface area contributed by atoms with E-state index in [4.69, 9.17) is 4.74 Å². The van der Waals surface area contributed by atoms with Crippen molar-refractivity contribution in [1.82, 2.24) is 14.7 Å². The summed E-state index contributed by atoms with van der Waals surface area (Å²) in [4.78, 5) is 19.1. The van der Waals surface area contributed by atoms with Crippen LogP contribution in [0.15, 0.2) is 0 Å². The molecule has 3 fully saturated rings. The van der Waals surface area contributed by atoms with E-state index in [2.05, 4.69) is 9.80 Å². The van der Waals surface area contributed by atoms with Gasteiger partial charge in [-0.2, -0.15) is 0 Å². The number of β-amino-alcohol motifs (C(OH)–C–C–N with tert-alkyl or cyclic N) is 1. The minimum absolute atomic E-state index is 0.206. The second-order valence-corrected chi connectivity index (χ2v) is 7.68. The van der Waals surface area contributed by atoms with Gasteiger partial charge in [0, 0.05) is 39.1 Å². The molecule has 0 aromatic rings. The van der Waals surface area contributed by atoms with Crippen molar-refractivity contribution in [3.05, 3.63) is 0 Å². The Labute approximate surface area is 145 Å². The molecule has 3 saturated heterocycles. The summed E-state index contributed by atoms with van der Waals surface area (Å²) in [6.07, 6.45) is 6.46. The number of amides is 1. The molecule has 1 amide bonds. The van der Waals surface area contributed by atoms with E-state index in [1.54, 1.807) is 0 Å². The molecule has 0 aromatic heterocycles. The summed E-state index contributed by atoms with van der Waals surface area (Å²) >= 11 is 0. The smallest absolute Gasteiger partial charge is 0.223 e. The average Bonchev–Trinajstić information content (AvgIpc) is 2.81. The fraction of sp³-hybridized carbons (Fsp3) is 0.944. The second-order valence-electron chi connectivity index (χ2n) is 7.68. The monoisotopic (exact) mass is 339 g/mol. The van der Waals surface area contributed by atoms with Crippen LogP contribution in [0.5, 0.6) is 0 Å². The molecule has 6 heteroatoms. The van der Waals surface area contributed by atoms with Crippen LogP contribution in [-0.2, 0) is 9.53 Å². The molecule has 0 bridgehead atoms. The van der Waals surface area contributed by atoms with Gasteiger partial charge in [-0.25, -0.2) is 0 Å². The zero-order valence-electron chi connectivity index (χ0n) is 14.9. The summed E-state index contributed by atoms with van der Waals surface area (Å²) in [5.41, 5.74) is -0.740. The third kappa shape index (κ3) is 5.15. The molecular formula is C18H33N3O3. The van der Waals surface area contributed by atoms with Crippen molar-refractivity contribution in [2.45, 2.75) is 44.1 Å². The van der Waals surface area contributed by atoms with Crippen molar-refractivity contribution in [1.29, 1.82) is 0 Å². The van der Waals surface area contributed by atoms with Crippen molar-refractivity contribution in [2.75, 3.05) is 65.6 Å². The predicted octanol–water partition coefficient (Wildman–Crippen LogP) is 0.548. The van der Waals surface area contributed by atoms with Crippen molar-refractivity contribution in [2.24, 2.45) is 0 Å². The van der Waals surface area contributed by atoms with Crippen molar-refractivity contribution >= 4 is 5.91 Å². The first-order valence-corrected chi connectivity index (χ1v) is 9.67. The van der Waals surface area contributed by atoms with E-state index in [-0.39, 0.29) is 5.91 Å². The molecule has 0 radical (unpaired) electrons. The van der Waals surface area contributed by atoms with Gasteiger partial charge in [0.2, 0.25) is 5.91 Å². The largest absolute Gasteiger partial charge is 0.387 e.